The minimum Gasteiger partial charge on any atom is -0.497 e. The maximum absolute atomic E-state index is 13.0. The number of carbonyl (C=O) groups is 1. The van der Waals surface area contributed by atoms with Crippen LogP contribution in [-0.2, 0) is 26.1 Å². The SMILES string of the molecule is COc1cc(C)c(S(=O)(=O)N(C)CCOCC(=O)NCc2ccc(N3CCN(C)CC3)cc2)c(C)c1. The Morgan fingerprint density at radius 1 is 1.06 bits per heavy atom. The fraction of sp³-hybridized carbons (Fsp3) is 0.500. The van der Waals surface area contributed by atoms with E-state index < -0.39 is 10.0 Å². The molecule has 0 unspecified atom stereocenters. The van der Waals surface area contributed by atoms with Crippen LogP contribution < -0.4 is 15.0 Å². The molecule has 198 valence electrons. The number of sulfonamides is 1. The van der Waals surface area contributed by atoms with Gasteiger partial charge in [-0.05, 0) is 61.9 Å². The van der Waals surface area contributed by atoms with E-state index in [1.165, 1.54) is 17.0 Å². The molecule has 1 heterocycles. The highest BCUT2D eigenvalue weighted by atomic mass is 32.2. The molecule has 0 aromatic heterocycles. The Balaban J connectivity index is 1.41. The number of benzene rings is 2. The number of nitrogens with one attached hydrogen (secondary N) is 1. The second-order valence-electron chi connectivity index (χ2n) is 9.20. The van der Waals surface area contributed by atoms with Crippen LogP contribution in [0.4, 0.5) is 5.69 Å². The highest BCUT2D eigenvalue weighted by Crippen LogP contribution is 2.27. The van der Waals surface area contributed by atoms with Gasteiger partial charge < -0.3 is 24.6 Å². The molecule has 1 saturated heterocycles. The van der Waals surface area contributed by atoms with E-state index in [4.69, 9.17) is 9.47 Å². The van der Waals surface area contributed by atoms with Crippen LogP contribution in [0.5, 0.6) is 5.75 Å². The van der Waals surface area contributed by atoms with Crippen molar-refractivity contribution in [2.24, 2.45) is 0 Å². The van der Waals surface area contributed by atoms with Crippen LogP contribution in [0.2, 0.25) is 0 Å². The number of carbonyl (C=O) groups excluding carboxylic acids is 1. The van der Waals surface area contributed by atoms with E-state index in [0.29, 0.717) is 23.4 Å². The van der Waals surface area contributed by atoms with Gasteiger partial charge in [0, 0.05) is 52.0 Å². The first-order valence-corrected chi connectivity index (χ1v) is 13.5. The molecule has 1 N–H and O–H groups in total. The standard InChI is InChI=1S/C26H38N4O5S/c1-20-16-24(34-5)17-21(2)26(20)36(32,33)29(4)14-15-35-19-25(31)27-18-22-6-8-23(9-7-22)30-12-10-28(3)11-13-30/h6-9,16-17H,10-15,18-19H2,1-5H3,(H,27,31). The Bertz CT molecular complexity index is 1110. The van der Waals surface area contributed by atoms with Gasteiger partial charge in [0.15, 0.2) is 0 Å². The van der Waals surface area contributed by atoms with E-state index in [2.05, 4.69) is 34.3 Å². The average molecular weight is 519 g/mol. The molecular weight excluding hydrogens is 480 g/mol. The minimum absolute atomic E-state index is 0.108. The van der Waals surface area contributed by atoms with E-state index in [1.807, 2.05) is 12.1 Å². The summed E-state index contributed by atoms with van der Waals surface area (Å²) in [5, 5.41) is 2.85. The van der Waals surface area contributed by atoms with Crippen molar-refractivity contribution in [3.8, 4) is 5.75 Å². The summed E-state index contributed by atoms with van der Waals surface area (Å²) in [7, 11) is 1.50. The predicted octanol–water partition coefficient (Wildman–Crippen LogP) is 2.02. The highest BCUT2D eigenvalue weighted by Gasteiger charge is 2.25. The van der Waals surface area contributed by atoms with Gasteiger partial charge in [-0.15, -0.1) is 0 Å². The number of likely N-dealkylation sites (N-methyl/N-ethyl adjacent to an activating group) is 2. The third kappa shape index (κ3) is 7.19. The summed E-state index contributed by atoms with van der Waals surface area (Å²) in [6.45, 7) is 8.16. The number of anilines is 1. The number of ether oxygens (including phenoxy) is 2. The maximum atomic E-state index is 13.0. The first-order chi connectivity index (χ1) is 17.1. The van der Waals surface area contributed by atoms with Crippen LogP contribution in [0.3, 0.4) is 0 Å². The number of rotatable bonds is 11. The van der Waals surface area contributed by atoms with Crippen molar-refractivity contribution < 1.29 is 22.7 Å². The van der Waals surface area contributed by atoms with Crippen molar-refractivity contribution in [3.05, 3.63) is 53.1 Å². The second kappa shape index (κ2) is 12.5. The molecule has 1 aliphatic heterocycles. The third-order valence-electron chi connectivity index (χ3n) is 6.42. The summed E-state index contributed by atoms with van der Waals surface area (Å²) in [6, 6.07) is 11.6. The molecule has 0 atom stereocenters. The number of aryl methyl sites for hydroxylation is 2. The summed E-state index contributed by atoms with van der Waals surface area (Å²) in [6.07, 6.45) is 0. The van der Waals surface area contributed by atoms with Gasteiger partial charge >= 0.3 is 0 Å². The monoisotopic (exact) mass is 518 g/mol. The summed E-state index contributed by atoms with van der Waals surface area (Å²) < 4.78 is 38.0. The van der Waals surface area contributed by atoms with Gasteiger partial charge in [0.1, 0.15) is 12.4 Å². The average Bonchev–Trinajstić information content (AvgIpc) is 2.85. The molecule has 0 spiro atoms. The van der Waals surface area contributed by atoms with Crippen LogP contribution >= 0.6 is 0 Å². The number of hydrogen-bond acceptors (Lipinski definition) is 7. The summed E-state index contributed by atoms with van der Waals surface area (Å²) in [5.41, 5.74) is 3.45. The molecule has 10 heteroatoms. The van der Waals surface area contributed by atoms with Gasteiger partial charge in [-0.2, -0.15) is 4.31 Å². The molecule has 1 fully saturated rings. The quantitative estimate of drug-likeness (QED) is 0.455. The zero-order chi connectivity index (χ0) is 26.3. The zero-order valence-electron chi connectivity index (χ0n) is 21.9. The van der Waals surface area contributed by atoms with E-state index in [0.717, 1.165) is 31.7 Å². The van der Waals surface area contributed by atoms with E-state index >= 15 is 0 Å². The topological polar surface area (TPSA) is 91.4 Å². The van der Waals surface area contributed by atoms with E-state index in [1.54, 1.807) is 33.1 Å². The van der Waals surface area contributed by atoms with Gasteiger partial charge in [0.05, 0.1) is 18.6 Å². The molecular formula is C26H38N4O5S. The molecule has 2 aromatic carbocycles. The molecule has 0 saturated carbocycles. The summed E-state index contributed by atoms with van der Waals surface area (Å²) >= 11 is 0. The number of amides is 1. The van der Waals surface area contributed by atoms with Crippen molar-refractivity contribution in [1.29, 1.82) is 0 Å². The molecule has 2 aromatic rings. The van der Waals surface area contributed by atoms with Gasteiger partial charge in [-0.1, -0.05) is 12.1 Å². The largest absolute Gasteiger partial charge is 0.497 e. The summed E-state index contributed by atoms with van der Waals surface area (Å²) in [5.74, 6) is 0.373. The smallest absolute Gasteiger partial charge is 0.246 e. The molecule has 1 aliphatic rings. The lowest BCUT2D eigenvalue weighted by Crippen LogP contribution is -2.44. The highest BCUT2D eigenvalue weighted by molar-refractivity contribution is 7.89. The van der Waals surface area contributed by atoms with Gasteiger partial charge in [0.2, 0.25) is 15.9 Å². The first-order valence-electron chi connectivity index (χ1n) is 12.1. The van der Waals surface area contributed by atoms with Crippen LogP contribution in [0.15, 0.2) is 41.3 Å². The fourth-order valence-corrected chi connectivity index (χ4v) is 5.77. The molecule has 9 nitrogen and oxygen atoms in total. The molecule has 0 radical (unpaired) electrons. The van der Waals surface area contributed by atoms with Crippen LogP contribution in [0.25, 0.3) is 0 Å². The molecule has 0 aliphatic carbocycles. The van der Waals surface area contributed by atoms with Crippen LogP contribution in [0, 0.1) is 13.8 Å². The number of nitrogens with zero attached hydrogens (tertiary/aromatic N) is 3. The maximum Gasteiger partial charge on any atom is 0.246 e. The molecule has 0 bridgehead atoms. The molecule has 3 rings (SSSR count). The third-order valence-corrected chi connectivity index (χ3v) is 8.58. The Kier molecular flexibility index (Phi) is 9.72. The van der Waals surface area contributed by atoms with Gasteiger partial charge in [0.25, 0.3) is 0 Å². The lowest BCUT2D eigenvalue weighted by Gasteiger charge is -2.34. The lowest BCUT2D eigenvalue weighted by atomic mass is 10.1. The number of piperazine rings is 1. The van der Waals surface area contributed by atoms with Gasteiger partial charge in [-0.3, -0.25) is 4.79 Å². The zero-order valence-corrected chi connectivity index (χ0v) is 22.7. The molecule has 1 amide bonds. The fourth-order valence-electron chi connectivity index (χ4n) is 4.21. The van der Waals surface area contributed by atoms with Gasteiger partial charge in [-0.25, -0.2) is 8.42 Å². The molecule has 36 heavy (non-hydrogen) atoms. The normalized spacial score (nSPS) is 14.8. The Hall–Kier alpha value is -2.66. The predicted molar refractivity (Wildman–Crippen MR) is 141 cm³/mol. The van der Waals surface area contributed by atoms with Crippen molar-refractivity contribution in [2.45, 2.75) is 25.3 Å². The van der Waals surface area contributed by atoms with Crippen molar-refractivity contribution >= 4 is 21.6 Å². The van der Waals surface area contributed by atoms with Crippen LogP contribution in [0.1, 0.15) is 16.7 Å². The Morgan fingerprint density at radius 3 is 2.25 bits per heavy atom. The van der Waals surface area contributed by atoms with E-state index in [-0.39, 0.29) is 30.6 Å². The van der Waals surface area contributed by atoms with E-state index in [9.17, 15) is 13.2 Å². The minimum atomic E-state index is -3.70. The Labute approximate surface area is 215 Å². The van der Waals surface area contributed by atoms with Crippen LogP contribution in [-0.4, -0.2) is 90.7 Å². The number of hydrogen-bond donors (Lipinski definition) is 1. The number of methoxy groups -OCH3 is 1. The first kappa shape index (κ1) is 27.9. The van der Waals surface area contributed by atoms with Crippen molar-refractivity contribution in [2.75, 3.05) is 72.0 Å². The van der Waals surface area contributed by atoms with Crippen molar-refractivity contribution in [3.63, 3.8) is 0 Å². The second-order valence-corrected chi connectivity index (χ2v) is 11.2. The Morgan fingerprint density at radius 2 is 1.67 bits per heavy atom. The summed E-state index contributed by atoms with van der Waals surface area (Å²) in [4.78, 5) is 17.1. The lowest BCUT2D eigenvalue weighted by molar-refractivity contribution is -0.125. The van der Waals surface area contributed by atoms with Crippen molar-refractivity contribution in [1.82, 2.24) is 14.5 Å².